The lowest BCUT2D eigenvalue weighted by molar-refractivity contribution is -0.138. The fraction of sp³-hybridized carbons (Fsp3) is 0.381. The molecule has 1 aliphatic rings. The number of primary amides is 1. The number of hydrogen-bond acceptors (Lipinski definition) is 4. The maximum atomic E-state index is 13.4. The van der Waals surface area contributed by atoms with Crippen LogP contribution < -0.4 is 15.4 Å². The van der Waals surface area contributed by atoms with Gasteiger partial charge in [0.25, 0.3) is 5.91 Å². The fourth-order valence-electron chi connectivity index (χ4n) is 3.33. The largest absolute Gasteiger partial charge is 0.473 e. The summed E-state index contributed by atoms with van der Waals surface area (Å²) >= 11 is 0. The van der Waals surface area contributed by atoms with E-state index in [0.29, 0.717) is 37.7 Å². The predicted octanol–water partition coefficient (Wildman–Crippen LogP) is 3.63. The maximum absolute atomic E-state index is 13.4. The van der Waals surface area contributed by atoms with Crippen molar-refractivity contribution in [2.45, 2.75) is 25.6 Å². The number of nitrogens with two attached hydrogens (primary N) is 1. The summed E-state index contributed by atoms with van der Waals surface area (Å²) in [4.78, 5) is 14.4. The van der Waals surface area contributed by atoms with Crippen LogP contribution in [-0.4, -0.2) is 32.2 Å². The van der Waals surface area contributed by atoms with Crippen molar-refractivity contribution in [1.82, 2.24) is 0 Å². The molecule has 1 saturated heterocycles. The Labute approximate surface area is 167 Å². The van der Waals surface area contributed by atoms with E-state index in [9.17, 15) is 18.0 Å². The summed E-state index contributed by atoms with van der Waals surface area (Å²) in [5, 5.41) is 0. The van der Waals surface area contributed by atoms with Gasteiger partial charge < -0.3 is 20.1 Å². The van der Waals surface area contributed by atoms with Crippen LogP contribution in [0.1, 0.15) is 23.6 Å². The highest BCUT2D eigenvalue weighted by atomic mass is 19.4. The molecule has 2 N–H and O–H groups in total. The van der Waals surface area contributed by atoms with Gasteiger partial charge in [0, 0.05) is 24.3 Å². The molecule has 1 amide bonds. The molecule has 1 unspecified atom stereocenters. The number of alkyl halides is 3. The van der Waals surface area contributed by atoms with Gasteiger partial charge in [-0.2, -0.15) is 13.2 Å². The molecule has 156 valence electrons. The average Bonchev–Trinajstić information content (AvgIpc) is 2.67. The molecule has 1 atom stereocenters. The van der Waals surface area contributed by atoms with Crippen LogP contribution in [-0.2, 0) is 21.3 Å². The average molecular weight is 408 g/mol. The van der Waals surface area contributed by atoms with Crippen molar-refractivity contribution in [1.29, 1.82) is 0 Å². The summed E-state index contributed by atoms with van der Waals surface area (Å²) in [6.45, 7) is 5.09. The van der Waals surface area contributed by atoms with E-state index in [0.717, 1.165) is 17.7 Å². The van der Waals surface area contributed by atoms with Crippen molar-refractivity contribution in [3.8, 4) is 5.75 Å². The van der Waals surface area contributed by atoms with Crippen LogP contribution in [0.3, 0.4) is 0 Å². The van der Waals surface area contributed by atoms with Crippen LogP contribution in [0.25, 0.3) is 0 Å². The fourth-order valence-corrected chi connectivity index (χ4v) is 3.33. The topological polar surface area (TPSA) is 64.8 Å². The van der Waals surface area contributed by atoms with Crippen molar-refractivity contribution in [3.63, 3.8) is 0 Å². The molecule has 2 aromatic carbocycles. The number of ether oxygens (including phenoxy) is 2. The minimum atomic E-state index is -4.57. The Bertz CT molecular complexity index is 895. The Hall–Kier alpha value is -2.74. The van der Waals surface area contributed by atoms with Gasteiger partial charge in [0.15, 0.2) is 0 Å². The van der Waals surface area contributed by atoms with Gasteiger partial charge in [-0.1, -0.05) is 12.1 Å². The van der Waals surface area contributed by atoms with Crippen LogP contribution in [0, 0.1) is 6.92 Å². The maximum Gasteiger partial charge on any atom is 0.416 e. The SMILES string of the molecule is Cc1cccc(OC(C)(C(N)=O)c2cc(C(F)(F)F)ccc2N2CCOCC2)c1. The Morgan fingerprint density at radius 2 is 1.83 bits per heavy atom. The molecule has 1 fully saturated rings. The number of nitrogens with zero attached hydrogens (tertiary/aromatic N) is 1. The normalized spacial score (nSPS) is 16.9. The van der Waals surface area contributed by atoms with Gasteiger partial charge in [0.2, 0.25) is 5.60 Å². The summed E-state index contributed by atoms with van der Waals surface area (Å²) in [5.41, 5.74) is 4.41. The van der Waals surface area contributed by atoms with E-state index < -0.39 is 23.2 Å². The van der Waals surface area contributed by atoms with Gasteiger partial charge in [0.05, 0.1) is 18.8 Å². The molecule has 2 aromatic rings. The van der Waals surface area contributed by atoms with E-state index in [1.54, 1.807) is 18.2 Å². The molecule has 0 radical (unpaired) electrons. The molecule has 1 heterocycles. The number of halogens is 3. The molecular formula is C21H23F3N2O3. The Kier molecular flexibility index (Phi) is 5.75. The van der Waals surface area contributed by atoms with E-state index in [1.807, 2.05) is 17.9 Å². The van der Waals surface area contributed by atoms with Crippen molar-refractivity contribution in [2.75, 3.05) is 31.2 Å². The monoisotopic (exact) mass is 408 g/mol. The zero-order chi connectivity index (χ0) is 21.2. The Balaban J connectivity index is 2.14. The lowest BCUT2D eigenvalue weighted by Crippen LogP contribution is -2.46. The summed E-state index contributed by atoms with van der Waals surface area (Å²) in [6.07, 6.45) is -4.57. The third-order valence-corrected chi connectivity index (χ3v) is 4.97. The predicted molar refractivity (Wildman–Crippen MR) is 103 cm³/mol. The van der Waals surface area contributed by atoms with E-state index in [1.165, 1.54) is 13.0 Å². The molecule has 0 bridgehead atoms. The summed E-state index contributed by atoms with van der Waals surface area (Å²) in [5.74, 6) is -0.538. The number of aryl methyl sites for hydroxylation is 1. The zero-order valence-corrected chi connectivity index (χ0v) is 16.3. The second kappa shape index (κ2) is 7.94. The van der Waals surface area contributed by atoms with Crippen molar-refractivity contribution < 1.29 is 27.4 Å². The first-order valence-corrected chi connectivity index (χ1v) is 9.21. The molecule has 1 aliphatic heterocycles. The van der Waals surface area contributed by atoms with Crippen molar-refractivity contribution >= 4 is 11.6 Å². The molecule has 0 saturated carbocycles. The smallest absolute Gasteiger partial charge is 0.416 e. The number of amides is 1. The second-order valence-electron chi connectivity index (χ2n) is 7.15. The number of rotatable bonds is 5. The third kappa shape index (κ3) is 4.48. The lowest BCUT2D eigenvalue weighted by Gasteiger charge is -2.36. The third-order valence-electron chi connectivity index (χ3n) is 4.97. The quantitative estimate of drug-likeness (QED) is 0.821. The Morgan fingerprint density at radius 1 is 1.14 bits per heavy atom. The van der Waals surface area contributed by atoms with Gasteiger partial charge in [-0.15, -0.1) is 0 Å². The Morgan fingerprint density at radius 3 is 2.41 bits per heavy atom. The molecule has 3 rings (SSSR count). The van der Waals surface area contributed by atoms with Gasteiger partial charge in [0.1, 0.15) is 5.75 Å². The minimum Gasteiger partial charge on any atom is -0.473 e. The molecule has 29 heavy (non-hydrogen) atoms. The van der Waals surface area contributed by atoms with Crippen LogP contribution >= 0.6 is 0 Å². The standard InChI is InChI=1S/C21H23F3N2O3/c1-14-4-3-5-16(12-14)29-20(2,19(25)27)17-13-15(21(22,23)24)6-7-18(17)26-8-10-28-11-9-26/h3-7,12-13H,8-11H2,1-2H3,(H2,25,27). The molecule has 0 aliphatic carbocycles. The number of anilines is 1. The van der Waals surface area contributed by atoms with Gasteiger partial charge in [-0.3, -0.25) is 4.79 Å². The van der Waals surface area contributed by atoms with Crippen LogP contribution in [0.2, 0.25) is 0 Å². The summed E-state index contributed by atoms with van der Waals surface area (Å²) in [7, 11) is 0. The first kappa shape index (κ1) is 21.0. The van der Waals surface area contributed by atoms with Gasteiger partial charge in [-0.05, 0) is 49.7 Å². The molecular weight excluding hydrogens is 385 g/mol. The second-order valence-corrected chi connectivity index (χ2v) is 7.15. The highest BCUT2D eigenvalue weighted by Crippen LogP contribution is 2.39. The van der Waals surface area contributed by atoms with E-state index in [-0.39, 0.29) is 5.56 Å². The van der Waals surface area contributed by atoms with Crippen LogP contribution in [0.15, 0.2) is 42.5 Å². The molecule has 5 nitrogen and oxygen atoms in total. The lowest BCUT2D eigenvalue weighted by atomic mass is 9.90. The number of benzene rings is 2. The van der Waals surface area contributed by atoms with Crippen molar-refractivity contribution in [3.05, 3.63) is 59.2 Å². The van der Waals surface area contributed by atoms with Crippen LogP contribution in [0.5, 0.6) is 5.75 Å². The number of carbonyl (C=O) groups excluding carboxylic acids is 1. The first-order chi connectivity index (χ1) is 13.6. The van der Waals surface area contributed by atoms with Crippen LogP contribution in [0.4, 0.5) is 18.9 Å². The zero-order valence-electron chi connectivity index (χ0n) is 16.3. The molecule has 8 heteroatoms. The summed E-state index contributed by atoms with van der Waals surface area (Å²) in [6, 6.07) is 10.2. The highest BCUT2D eigenvalue weighted by Gasteiger charge is 2.41. The van der Waals surface area contributed by atoms with E-state index in [2.05, 4.69) is 0 Å². The number of morpholine rings is 1. The minimum absolute atomic E-state index is 0.0724. The number of hydrogen-bond donors (Lipinski definition) is 1. The molecule has 0 spiro atoms. The summed E-state index contributed by atoms with van der Waals surface area (Å²) < 4.78 is 51.5. The van der Waals surface area contributed by atoms with Gasteiger partial charge in [-0.25, -0.2) is 0 Å². The van der Waals surface area contributed by atoms with Gasteiger partial charge >= 0.3 is 6.18 Å². The van der Waals surface area contributed by atoms with E-state index >= 15 is 0 Å². The van der Waals surface area contributed by atoms with E-state index in [4.69, 9.17) is 15.2 Å². The number of carbonyl (C=O) groups is 1. The first-order valence-electron chi connectivity index (χ1n) is 9.21. The van der Waals surface area contributed by atoms with Crippen molar-refractivity contribution in [2.24, 2.45) is 5.73 Å². The molecule has 0 aromatic heterocycles. The highest BCUT2D eigenvalue weighted by molar-refractivity contribution is 5.87.